The van der Waals surface area contributed by atoms with Crippen LogP contribution in [0.5, 0.6) is 5.75 Å². The molecule has 0 fully saturated rings. The molecule has 0 bridgehead atoms. The minimum Gasteiger partial charge on any atom is -0.479 e. The molecule has 3 nitrogen and oxygen atoms in total. The topological polar surface area (TPSA) is 38.3 Å². The molecule has 0 aromatic heterocycles. The first kappa shape index (κ1) is 18.3. The number of aryl methyl sites for hydroxylation is 2. The molecule has 128 valence electrons. The lowest BCUT2D eigenvalue weighted by Gasteiger charge is -2.22. The van der Waals surface area contributed by atoms with Crippen molar-refractivity contribution in [2.45, 2.75) is 46.3 Å². The number of benzene rings is 2. The van der Waals surface area contributed by atoms with Crippen molar-refractivity contribution in [3.8, 4) is 5.75 Å². The number of carbonyl (C=O) groups excluding carboxylic acids is 1. The second kappa shape index (κ2) is 8.20. The van der Waals surface area contributed by atoms with Crippen LogP contribution in [-0.2, 0) is 4.79 Å². The fraction of sp³-hybridized carbons (Fsp3) is 0.350. The summed E-state index contributed by atoms with van der Waals surface area (Å²) in [6.45, 7) is 7.94. The number of para-hydroxylation sites is 1. The highest BCUT2D eigenvalue weighted by atomic mass is 35.5. The highest BCUT2D eigenvalue weighted by molar-refractivity contribution is 6.32. The van der Waals surface area contributed by atoms with Gasteiger partial charge in [-0.2, -0.15) is 0 Å². The Labute approximate surface area is 149 Å². The number of hydrogen-bond donors (Lipinski definition) is 1. The summed E-state index contributed by atoms with van der Waals surface area (Å²) in [5.41, 5.74) is 3.58. The molecule has 2 aromatic rings. The lowest BCUT2D eigenvalue weighted by Crippen LogP contribution is -2.38. The van der Waals surface area contributed by atoms with Crippen molar-refractivity contribution in [1.82, 2.24) is 5.32 Å². The molecule has 2 rings (SSSR count). The number of halogens is 1. The van der Waals surface area contributed by atoms with E-state index >= 15 is 0 Å². The predicted molar refractivity (Wildman–Crippen MR) is 98.6 cm³/mol. The van der Waals surface area contributed by atoms with E-state index < -0.39 is 6.10 Å². The van der Waals surface area contributed by atoms with E-state index in [1.54, 1.807) is 19.1 Å². The molecule has 0 aliphatic carbocycles. The van der Waals surface area contributed by atoms with E-state index in [1.807, 2.05) is 12.1 Å². The molecule has 2 aromatic carbocycles. The monoisotopic (exact) mass is 345 g/mol. The van der Waals surface area contributed by atoms with E-state index in [1.165, 1.54) is 11.1 Å². The molecule has 0 unspecified atom stereocenters. The fourth-order valence-electron chi connectivity index (χ4n) is 2.48. The van der Waals surface area contributed by atoms with E-state index in [2.05, 4.69) is 44.3 Å². The van der Waals surface area contributed by atoms with Gasteiger partial charge in [0.2, 0.25) is 0 Å². The first-order chi connectivity index (χ1) is 11.4. The maximum absolute atomic E-state index is 12.5. The van der Waals surface area contributed by atoms with Crippen molar-refractivity contribution in [3.05, 3.63) is 64.2 Å². The number of carbonyl (C=O) groups is 1. The van der Waals surface area contributed by atoms with Gasteiger partial charge < -0.3 is 10.1 Å². The van der Waals surface area contributed by atoms with E-state index in [4.69, 9.17) is 16.3 Å². The predicted octanol–water partition coefficient (Wildman–Crippen LogP) is 4.99. The zero-order valence-corrected chi connectivity index (χ0v) is 15.4. The molecular weight excluding hydrogens is 322 g/mol. The quantitative estimate of drug-likeness (QED) is 0.800. The van der Waals surface area contributed by atoms with Crippen molar-refractivity contribution in [1.29, 1.82) is 0 Å². The van der Waals surface area contributed by atoms with Gasteiger partial charge in [-0.3, -0.25) is 4.79 Å². The maximum atomic E-state index is 12.5. The molecule has 2 atom stereocenters. The van der Waals surface area contributed by atoms with E-state index in [0.29, 0.717) is 10.8 Å². The molecule has 0 saturated heterocycles. The third-order valence-electron chi connectivity index (χ3n) is 4.17. The second-order valence-corrected chi connectivity index (χ2v) is 6.41. The molecular formula is C20H24ClNO2. The third kappa shape index (κ3) is 4.51. The summed E-state index contributed by atoms with van der Waals surface area (Å²) in [5, 5.41) is 3.56. The van der Waals surface area contributed by atoms with Crippen LogP contribution in [0, 0.1) is 13.8 Å². The van der Waals surface area contributed by atoms with Crippen LogP contribution in [0.2, 0.25) is 5.02 Å². The number of hydrogen-bond acceptors (Lipinski definition) is 2. The summed E-state index contributed by atoms with van der Waals surface area (Å²) < 4.78 is 5.69. The van der Waals surface area contributed by atoms with Gasteiger partial charge in [0, 0.05) is 0 Å². The molecule has 0 radical (unpaired) electrons. The van der Waals surface area contributed by atoms with Gasteiger partial charge in [0.1, 0.15) is 5.75 Å². The van der Waals surface area contributed by atoms with Crippen molar-refractivity contribution >= 4 is 17.5 Å². The summed E-state index contributed by atoms with van der Waals surface area (Å²) in [6, 6.07) is 13.4. The first-order valence-electron chi connectivity index (χ1n) is 8.21. The van der Waals surface area contributed by atoms with Gasteiger partial charge in [-0.15, -0.1) is 0 Å². The summed E-state index contributed by atoms with van der Waals surface area (Å²) in [5.74, 6) is 0.362. The Bertz CT molecular complexity index is 715. The second-order valence-electron chi connectivity index (χ2n) is 6.00. The third-order valence-corrected chi connectivity index (χ3v) is 4.48. The van der Waals surface area contributed by atoms with Crippen LogP contribution in [0.25, 0.3) is 0 Å². The minimum absolute atomic E-state index is 0.0332. The summed E-state index contributed by atoms with van der Waals surface area (Å²) in [6.07, 6.45) is 0.193. The van der Waals surface area contributed by atoms with Crippen LogP contribution >= 0.6 is 11.6 Å². The van der Waals surface area contributed by atoms with Crippen LogP contribution in [0.3, 0.4) is 0 Å². The fourth-order valence-corrected chi connectivity index (χ4v) is 2.66. The average Bonchev–Trinajstić information content (AvgIpc) is 2.57. The Morgan fingerprint density at radius 2 is 1.88 bits per heavy atom. The molecule has 0 spiro atoms. The van der Waals surface area contributed by atoms with Gasteiger partial charge in [-0.1, -0.05) is 48.9 Å². The van der Waals surface area contributed by atoms with Crippen molar-refractivity contribution in [2.24, 2.45) is 0 Å². The van der Waals surface area contributed by atoms with Gasteiger partial charge in [-0.05, 0) is 56.0 Å². The largest absolute Gasteiger partial charge is 0.479 e. The normalized spacial score (nSPS) is 13.2. The molecule has 24 heavy (non-hydrogen) atoms. The minimum atomic E-state index is -0.620. The summed E-state index contributed by atoms with van der Waals surface area (Å²) in [4.78, 5) is 12.5. The Morgan fingerprint density at radius 1 is 1.17 bits per heavy atom. The maximum Gasteiger partial charge on any atom is 0.261 e. The molecule has 0 aliphatic rings. The SMILES string of the molecule is CC[C@H](NC(=O)[C@H](C)Oc1ccccc1Cl)c1ccc(C)c(C)c1. The van der Waals surface area contributed by atoms with Crippen molar-refractivity contribution in [2.75, 3.05) is 0 Å². The number of amides is 1. The molecule has 0 saturated carbocycles. The first-order valence-corrected chi connectivity index (χ1v) is 8.59. The number of ether oxygens (including phenoxy) is 1. The van der Waals surface area contributed by atoms with Gasteiger partial charge in [0.25, 0.3) is 5.91 Å². The van der Waals surface area contributed by atoms with Crippen molar-refractivity contribution in [3.63, 3.8) is 0 Å². The Kier molecular flexibility index (Phi) is 6.27. The van der Waals surface area contributed by atoms with Crippen molar-refractivity contribution < 1.29 is 9.53 Å². The Balaban J connectivity index is 2.05. The number of nitrogens with one attached hydrogen (secondary N) is 1. The molecule has 1 amide bonds. The van der Waals surface area contributed by atoms with Crippen LogP contribution in [0.1, 0.15) is 43.0 Å². The van der Waals surface area contributed by atoms with Crippen LogP contribution in [0.4, 0.5) is 0 Å². The van der Waals surface area contributed by atoms with E-state index in [-0.39, 0.29) is 11.9 Å². The van der Waals surface area contributed by atoms with Crippen LogP contribution in [-0.4, -0.2) is 12.0 Å². The van der Waals surface area contributed by atoms with E-state index in [9.17, 15) is 4.79 Å². The Hall–Kier alpha value is -2.00. The lowest BCUT2D eigenvalue weighted by molar-refractivity contribution is -0.128. The molecule has 0 heterocycles. The zero-order chi connectivity index (χ0) is 17.7. The van der Waals surface area contributed by atoms with E-state index in [0.717, 1.165) is 12.0 Å². The molecule has 0 aliphatic heterocycles. The summed E-state index contributed by atoms with van der Waals surface area (Å²) in [7, 11) is 0. The molecule has 4 heteroatoms. The van der Waals surface area contributed by atoms with Gasteiger partial charge in [0.15, 0.2) is 6.10 Å². The lowest BCUT2D eigenvalue weighted by atomic mass is 9.99. The highest BCUT2D eigenvalue weighted by Crippen LogP contribution is 2.25. The van der Waals surface area contributed by atoms with Gasteiger partial charge in [-0.25, -0.2) is 0 Å². The Morgan fingerprint density at radius 3 is 2.50 bits per heavy atom. The number of rotatable bonds is 6. The van der Waals surface area contributed by atoms with Crippen LogP contribution < -0.4 is 10.1 Å². The standard InChI is InChI=1S/C20H24ClNO2/c1-5-18(16-11-10-13(2)14(3)12-16)22-20(23)15(4)24-19-9-7-6-8-17(19)21/h6-12,15,18H,5H2,1-4H3,(H,22,23)/t15-,18-/m0/s1. The van der Waals surface area contributed by atoms with Gasteiger partial charge >= 0.3 is 0 Å². The summed E-state index contributed by atoms with van der Waals surface area (Å²) >= 11 is 6.08. The average molecular weight is 346 g/mol. The zero-order valence-electron chi connectivity index (χ0n) is 14.6. The van der Waals surface area contributed by atoms with Gasteiger partial charge in [0.05, 0.1) is 11.1 Å². The smallest absolute Gasteiger partial charge is 0.261 e. The molecule has 1 N–H and O–H groups in total. The van der Waals surface area contributed by atoms with Crippen LogP contribution in [0.15, 0.2) is 42.5 Å². The highest BCUT2D eigenvalue weighted by Gasteiger charge is 2.20.